The van der Waals surface area contributed by atoms with Gasteiger partial charge >= 0.3 is 0 Å². The number of nitrogens with zero attached hydrogens (tertiary/aromatic N) is 1. The molecule has 1 heterocycles. The highest BCUT2D eigenvalue weighted by Crippen LogP contribution is 2.18. The van der Waals surface area contributed by atoms with E-state index in [1.807, 2.05) is 13.8 Å². The fourth-order valence-electron chi connectivity index (χ4n) is 1.17. The van der Waals surface area contributed by atoms with Gasteiger partial charge in [0.2, 0.25) is 0 Å². The minimum absolute atomic E-state index is 0.121. The molecule has 3 N–H and O–H groups in total. The summed E-state index contributed by atoms with van der Waals surface area (Å²) in [6, 6.07) is 3.39. The number of nitrogen functional groups attached to an aromatic ring is 1. The van der Waals surface area contributed by atoms with E-state index in [1.165, 1.54) is 0 Å². The van der Waals surface area contributed by atoms with E-state index < -0.39 is 0 Å². The van der Waals surface area contributed by atoms with Crippen LogP contribution < -0.4 is 11.1 Å². The van der Waals surface area contributed by atoms with Gasteiger partial charge in [-0.3, -0.25) is 0 Å². The zero-order valence-electron chi connectivity index (χ0n) is 8.96. The normalized spacial score (nSPS) is 12.5. The van der Waals surface area contributed by atoms with Gasteiger partial charge in [-0.15, -0.1) is 0 Å². The molecule has 0 spiro atoms. The van der Waals surface area contributed by atoms with Gasteiger partial charge in [0.1, 0.15) is 5.15 Å². The quantitative estimate of drug-likeness (QED) is 0.760. The average molecular weight is 230 g/mol. The van der Waals surface area contributed by atoms with Gasteiger partial charge in [-0.25, -0.2) is 4.98 Å². The van der Waals surface area contributed by atoms with Crippen molar-refractivity contribution >= 4 is 23.1 Å². The fourth-order valence-corrected chi connectivity index (χ4v) is 1.32. The Labute approximate surface area is 94.8 Å². The van der Waals surface area contributed by atoms with Crippen LogP contribution >= 0.6 is 11.6 Å². The van der Waals surface area contributed by atoms with E-state index >= 15 is 0 Å². The van der Waals surface area contributed by atoms with Crippen molar-refractivity contribution < 1.29 is 4.74 Å². The molecule has 1 aromatic rings. The Bertz CT molecular complexity index is 320. The largest absolute Gasteiger partial charge is 0.396 e. The number of ether oxygens (including phenoxy) is 1. The second-order valence-corrected chi connectivity index (χ2v) is 3.61. The van der Waals surface area contributed by atoms with Crippen LogP contribution in [-0.2, 0) is 4.74 Å². The van der Waals surface area contributed by atoms with Gasteiger partial charge in [-0.05, 0) is 26.0 Å². The third-order valence-corrected chi connectivity index (χ3v) is 2.11. The Kier molecular flexibility index (Phi) is 4.65. The van der Waals surface area contributed by atoms with E-state index in [2.05, 4.69) is 10.3 Å². The molecular formula is C10H16ClN3O. The molecule has 0 fully saturated rings. The van der Waals surface area contributed by atoms with Gasteiger partial charge in [-0.1, -0.05) is 11.6 Å². The summed E-state index contributed by atoms with van der Waals surface area (Å²) < 4.78 is 5.37. The number of anilines is 2. The van der Waals surface area contributed by atoms with Gasteiger partial charge in [0, 0.05) is 13.2 Å². The summed E-state index contributed by atoms with van der Waals surface area (Å²) in [4.78, 5) is 4.08. The van der Waals surface area contributed by atoms with Crippen LogP contribution in [0.15, 0.2) is 12.1 Å². The van der Waals surface area contributed by atoms with Gasteiger partial charge in [0.05, 0.1) is 11.8 Å². The highest BCUT2D eigenvalue weighted by molar-refractivity contribution is 6.29. The van der Waals surface area contributed by atoms with Crippen LogP contribution in [0.1, 0.15) is 13.8 Å². The van der Waals surface area contributed by atoms with Crippen LogP contribution in [0.25, 0.3) is 0 Å². The van der Waals surface area contributed by atoms with Crippen molar-refractivity contribution in [3.05, 3.63) is 17.3 Å². The van der Waals surface area contributed by atoms with E-state index in [1.54, 1.807) is 12.1 Å². The number of nitrogens with two attached hydrogens (primary N) is 1. The maximum Gasteiger partial charge on any atom is 0.151 e. The molecule has 0 saturated carbocycles. The molecule has 0 saturated heterocycles. The van der Waals surface area contributed by atoms with Crippen LogP contribution in [0.3, 0.4) is 0 Å². The summed E-state index contributed by atoms with van der Waals surface area (Å²) in [5.41, 5.74) is 6.31. The first-order valence-electron chi connectivity index (χ1n) is 4.91. The third-order valence-electron chi connectivity index (χ3n) is 1.90. The number of aromatic nitrogens is 1. The van der Waals surface area contributed by atoms with Crippen LogP contribution in [0.2, 0.25) is 5.15 Å². The third kappa shape index (κ3) is 3.93. The maximum atomic E-state index is 5.76. The molecule has 0 amide bonds. The maximum absolute atomic E-state index is 5.76. The summed E-state index contributed by atoms with van der Waals surface area (Å²) in [5, 5.41) is 3.52. The molecule has 84 valence electrons. The number of nitrogens with one attached hydrogen (secondary N) is 1. The van der Waals surface area contributed by atoms with E-state index in [0.717, 1.165) is 0 Å². The number of halogens is 1. The minimum Gasteiger partial charge on any atom is -0.396 e. The molecule has 15 heavy (non-hydrogen) atoms. The molecular weight excluding hydrogens is 214 g/mol. The Morgan fingerprint density at radius 3 is 3.00 bits per heavy atom. The lowest BCUT2D eigenvalue weighted by atomic mass is 10.3. The van der Waals surface area contributed by atoms with Crippen LogP contribution in [0.4, 0.5) is 11.5 Å². The summed E-state index contributed by atoms with van der Waals surface area (Å²) in [6.45, 7) is 5.30. The molecule has 0 bridgehead atoms. The molecule has 1 unspecified atom stereocenters. The van der Waals surface area contributed by atoms with E-state index in [-0.39, 0.29) is 6.10 Å². The van der Waals surface area contributed by atoms with Crippen molar-refractivity contribution in [1.29, 1.82) is 0 Å². The molecule has 1 atom stereocenters. The zero-order valence-corrected chi connectivity index (χ0v) is 9.71. The molecule has 4 nitrogen and oxygen atoms in total. The Hall–Kier alpha value is -1.00. The van der Waals surface area contributed by atoms with Crippen molar-refractivity contribution in [2.75, 3.05) is 24.2 Å². The monoisotopic (exact) mass is 229 g/mol. The Morgan fingerprint density at radius 2 is 2.33 bits per heavy atom. The lowest BCUT2D eigenvalue weighted by Crippen LogP contribution is -2.20. The minimum atomic E-state index is 0.121. The summed E-state index contributed by atoms with van der Waals surface area (Å²) >= 11 is 5.76. The molecule has 0 aromatic carbocycles. The average Bonchev–Trinajstić information content (AvgIpc) is 2.20. The van der Waals surface area contributed by atoms with Crippen molar-refractivity contribution in [2.45, 2.75) is 20.0 Å². The molecule has 0 aliphatic carbocycles. The molecule has 1 rings (SSSR count). The van der Waals surface area contributed by atoms with Crippen molar-refractivity contribution in [2.24, 2.45) is 0 Å². The van der Waals surface area contributed by atoms with Crippen LogP contribution in [0.5, 0.6) is 0 Å². The zero-order chi connectivity index (χ0) is 11.3. The first-order chi connectivity index (χ1) is 7.13. The first kappa shape index (κ1) is 12.1. The summed E-state index contributed by atoms with van der Waals surface area (Å²) in [5.74, 6) is 0.606. The van der Waals surface area contributed by atoms with Gasteiger partial charge in [-0.2, -0.15) is 0 Å². The highest BCUT2D eigenvalue weighted by atomic mass is 35.5. The summed E-state index contributed by atoms with van der Waals surface area (Å²) in [6.07, 6.45) is 0.121. The smallest absolute Gasteiger partial charge is 0.151 e. The number of hydrogen-bond acceptors (Lipinski definition) is 4. The lowest BCUT2D eigenvalue weighted by molar-refractivity contribution is 0.0855. The highest BCUT2D eigenvalue weighted by Gasteiger charge is 2.04. The number of hydrogen-bond donors (Lipinski definition) is 2. The van der Waals surface area contributed by atoms with Crippen molar-refractivity contribution in [1.82, 2.24) is 4.98 Å². The summed E-state index contributed by atoms with van der Waals surface area (Å²) in [7, 11) is 0. The van der Waals surface area contributed by atoms with E-state index in [9.17, 15) is 0 Å². The second-order valence-electron chi connectivity index (χ2n) is 3.22. The second kappa shape index (κ2) is 5.78. The first-order valence-corrected chi connectivity index (χ1v) is 5.28. The van der Waals surface area contributed by atoms with Crippen molar-refractivity contribution in [3.63, 3.8) is 0 Å². The fraction of sp³-hybridized carbons (Fsp3) is 0.500. The van der Waals surface area contributed by atoms with Gasteiger partial charge in [0.25, 0.3) is 0 Å². The Balaban J connectivity index is 2.53. The number of pyridine rings is 1. The topological polar surface area (TPSA) is 60.2 Å². The SMILES string of the molecule is CCOC(C)CNc1nc(Cl)ccc1N. The van der Waals surface area contributed by atoms with Gasteiger partial charge < -0.3 is 15.8 Å². The van der Waals surface area contributed by atoms with E-state index in [0.29, 0.717) is 29.8 Å². The predicted octanol–water partition coefficient (Wildman–Crippen LogP) is 2.15. The lowest BCUT2D eigenvalue weighted by Gasteiger charge is -2.14. The number of rotatable bonds is 5. The molecule has 0 aliphatic rings. The van der Waals surface area contributed by atoms with Gasteiger partial charge in [0.15, 0.2) is 5.82 Å². The molecule has 1 aromatic heterocycles. The van der Waals surface area contributed by atoms with E-state index in [4.69, 9.17) is 22.1 Å². The van der Waals surface area contributed by atoms with Crippen LogP contribution in [0, 0.1) is 0 Å². The molecule has 0 aliphatic heterocycles. The standard InChI is InChI=1S/C10H16ClN3O/c1-3-15-7(2)6-13-10-8(12)4-5-9(11)14-10/h4-5,7H,3,6,12H2,1-2H3,(H,13,14). The van der Waals surface area contributed by atoms with Crippen molar-refractivity contribution in [3.8, 4) is 0 Å². The predicted molar refractivity (Wildman–Crippen MR) is 63.2 cm³/mol. The van der Waals surface area contributed by atoms with Crippen LogP contribution in [-0.4, -0.2) is 24.2 Å². The molecule has 5 heteroatoms. The Morgan fingerprint density at radius 1 is 1.60 bits per heavy atom. The molecule has 0 radical (unpaired) electrons.